The van der Waals surface area contributed by atoms with Gasteiger partial charge >= 0.3 is 0 Å². The molecule has 0 bridgehead atoms. The fourth-order valence-corrected chi connectivity index (χ4v) is 2.64. The Kier molecular flexibility index (Phi) is 2.24. The van der Waals surface area contributed by atoms with Crippen LogP contribution in [-0.4, -0.2) is 12.6 Å². The summed E-state index contributed by atoms with van der Waals surface area (Å²) in [6.45, 7) is 1.02. The van der Waals surface area contributed by atoms with Crippen LogP contribution in [0.2, 0.25) is 0 Å². The lowest BCUT2D eigenvalue weighted by atomic mass is 9.95. The molecule has 1 N–H and O–H groups in total. The first kappa shape index (κ1) is 9.34. The van der Waals surface area contributed by atoms with Gasteiger partial charge in [-0.25, -0.2) is 4.39 Å². The summed E-state index contributed by atoms with van der Waals surface area (Å²) in [5.74, 6) is 1.32. The molecule has 2 unspecified atom stereocenters. The second-order valence-corrected chi connectivity index (χ2v) is 4.84. The van der Waals surface area contributed by atoms with Gasteiger partial charge in [-0.1, -0.05) is 12.1 Å². The van der Waals surface area contributed by atoms with Crippen molar-refractivity contribution in [3.8, 4) is 0 Å². The standard InChI is InChI=1S/C13H16FN/c14-12-3-1-2-10(6-12)11-7-13(15-8-11)9-4-5-9/h1-3,6,9,11,13,15H,4-5,7-8H2. The maximum absolute atomic E-state index is 13.1. The summed E-state index contributed by atoms with van der Waals surface area (Å²) >= 11 is 0. The third-order valence-corrected chi connectivity index (χ3v) is 3.68. The van der Waals surface area contributed by atoms with Crippen molar-refractivity contribution >= 4 is 0 Å². The second kappa shape index (κ2) is 3.60. The van der Waals surface area contributed by atoms with Crippen molar-refractivity contribution < 1.29 is 4.39 Å². The van der Waals surface area contributed by atoms with Crippen molar-refractivity contribution in [1.82, 2.24) is 5.32 Å². The van der Waals surface area contributed by atoms with Crippen molar-refractivity contribution in [2.45, 2.75) is 31.2 Å². The molecule has 3 rings (SSSR count). The van der Waals surface area contributed by atoms with Crippen molar-refractivity contribution in [1.29, 1.82) is 0 Å². The summed E-state index contributed by atoms with van der Waals surface area (Å²) in [6.07, 6.45) is 3.95. The highest BCUT2D eigenvalue weighted by molar-refractivity contribution is 5.23. The Morgan fingerprint density at radius 2 is 2.13 bits per heavy atom. The van der Waals surface area contributed by atoms with E-state index in [1.54, 1.807) is 6.07 Å². The molecular formula is C13H16FN. The molecule has 1 nitrogen and oxygen atoms in total. The number of halogens is 1. The number of nitrogens with one attached hydrogen (secondary N) is 1. The predicted molar refractivity (Wildman–Crippen MR) is 58.3 cm³/mol. The zero-order chi connectivity index (χ0) is 10.3. The number of hydrogen-bond acceptors (Lipinski definition) is 1. The van der Waals surface area contributed by atoms with Crippen molar-refractivity contribution in [2.24, 2.45) is 5.92 Å². The molecule has 80 valence electrons. The Balaban J connectivity index is 1.72. The smallest absolute Gasteiger partial charge is 0.123 e. The second-order valence-electron chi connectivity index (χ2n) is 4.84. The Morgan fingerprint density at radius 3 is 2.87 bits per heavy atom. The molecule has 2 atom stereocenters. The van der Waals surface area contributed by atoms with Gasteiger partial charge in [0.2, 0.25) is 0 Å². The lowest BCUT2D eigenvalue weighted by Gasteiger charge is -2.09. The molecule has 1 aromatic carbocycles. The average molecular weight is 205 g/mol. The molecule has 1 saturated carbocycles. The van der Waals surface area contributed by atoms with E-state index in [0.29, 0.717) is 12.0 Å². The van der Waals surface area contributed by atoms with E-state index in [-0.39, 0.29) is 5.82 Å². The summed E-state index contributed by atoms with van der Waals surface area (Å²) in [6, 6.07) is 7.75. The van der Waals surface area contributed by atoms with Gasteiger partial charge < -0.3 is 5.32 Å². The van der Waals surface area contributed by atoms with Crippen LogP contribution in [0.4, 0.5) is 4.39 Å². The highest BCUT2D eigenvalue weighted by atomic mass is 19.1. The van der Waals surface area contributed by atoms with E-state index in [0.717, 1.165) is 18.0 Å². The lowest BCUT2D eigenvalue weighted by Crippen LogP contribution is -2.22. The topological polar surface area (TPSA) is 12.0 Å². The monoisotopic (exact) mass is 205 g/mol. The predicted octanol–water partition coefficient (Wildman–Crippen LogP) is 2.68. The third-order valence-electron chi connectivity index (χ3n) is 3.68. The quantitative estimate of drug-likeness (QED) is 0.782. The van der Waals surface area contributed by atoms with Gasteiger partial charge in [-0.05, 0) is 48.8 Å². The lowest BCUT2D eigenvalue weighted by molar-refractivity contribution is 0.534. The first-order chi connectivity index (χ1) is 7.33. The SMILES string of the molecule is Fc1cccc(C2CNC(C3CC3)C2)c1. The van der Waals surface area contributed by atoms with E-state index >= 15 is 0 Å². The average Bonchev–Trinajstić information content (AvgIpc) is 2.97. The highest BCUT2D eigenvalue weighted by Crippen LogP contribution is 2.39. The van der Waals surface area contributed by atoms with Crippen LogP contribution in [0.5, 0.6) is 0 Å². The van der Waals surface area contributed by atoms with Crippen molar-refractivity contribution in [2.75, 3.05) is 6.54 Å². The largest absolute Gasteiger partial charge is 0.313 e. The molecule has 1 aliphatic carbocycles. The Bertz CT molecular complexity index is 359. The van der Waals surface area contributed by atoms with Gasteiger partial charge in [-0.2, -0.15) is 0 Å². The molecule has 15 heavy (non-hydrogen) atoms. The van der Waals surface area contributed by atoms with Gasteiger partial charge in [0, 0.05) is 12.6 Å². The molecule has 0 radical (unpaired) electrons. The van der Waals surface area contributed by atoms with E-state index in [1.807, 2.05) is 12.1 Å². The molecule has 1 aromatic rings. The molecule has 2 aliphatic rings. The normalized spacial score (nSPS) is 30.7. The zero-order valence-corrected chi connectivity index (χ0v) is 8.75. The highest BCUT2D eigenvalue weighted by Gasteiger charge is 2.36. The Hall–Kier alpha value is -0.890. The maximum Gasteiger partial charge on any atom is 0.123 e. The van der Waals surface area contributed by atoms with Crippen LogP contribution < -0.4 is 5.32 Å². The van der Waals surface area contributed by atoms with E-state index in [2.05, 4.69) is 5.32 Å². The Morgan fingerprint density at radius 1 is 1.27 bits per heavy atom. The summed E-state index contributed by atoms with van der Waals surface area (Å²) < 4.78 is 13.1. The first-order valence-corrected chi connectivity index (χ1v) is 5.82. The van der Waals surface area contributed by atoms with E-state index in [9.17, 15) is 4.39 Å². The summed E-state index contributed by atoms with van der Waals surface area (Å²) in [4.78, 5) is 0. The molecule has 0 spiro atoms. The minimum atomic E-state index is -0.109. The van der Waals surface area contributed by atoms with Crippen LogP contribution in [0.3, 0.4) is 0 Å². The number of benzene rings is 1. The number of hydrogen-bond donors (Lipinski definition) is 1. The van der Waals surface area contributed by atoms with E-state index in [1.165, 1.54) is 25.3 Å². The minimum Gasteiger partial charge on any atom is -0.313 e. The molecule has 1 aliphatic heterocycles. The first-order valence-electron chi connectivity index (χ1n) is 5.82. The summed E-state index contributed by atoms with van der Waals surface area (Å²) in [5, 5.41) is 3.56. The van der Waals surface area contributed by atoms with Crippen LogP contribution in [-0.2, 0) is 0 Å². The van der Waals surface area contributed by atoms with Gasteiger partial charge in [0.25, 0.3) is 0 Å². The summed E-state index contributed by atoms with van der Waals surface area (Å²) in [7, 11) is 0. The van der Waals surface area contributed by atoms with Crippen LogP contribution in [0.25, 0.3) is 0 Å². The van der Waals surface area contributed by atoms with E-state index < -0.39 is 0 Å². The summed E-state index contributed by atoms with van der Waals surface area (Å²) in [5.41, 5.74) is 1.16. The molecule has 2 fully saturated rings. The molecule has 0 aromatic heterocycles. The fraction of sp³-hybridized carbons (Fsp3) is 0.538. The van der Waals surface area contributed by atoms with Crippen molar-refractivity contribution in [3.63, 3.8) is 0 Å². The van der Waals surface area contributed by atoms with Gasteiger partial charge in [0.1, 0.15) is 5.82 Å². The zero-order valence-electron chi connectivity index (χ0n) is 8.75. The van der Waals surface area contributed by atoms with Crippen LogP contribution >= 0.6 is 0 Å². The van der Waals surface area contributed by atoms with Gasteiger partial charge in [0.15, 0.2) is 0 Å². The molecular weight excluding hydrogens is 189 g/mol. The van der Waals surface area contributed by atoms with Crippen LogP contribution in [0.15, 0.2) is 24.3 Å². The molecule has 1 saturated heterocycles. The molecule has 0 amide bonds. The molecule has 1 heterocycles. The maximum atomic E-state index is 13.1. The van der Waals surface area contributed by atoms with Crippen LogP contribution in [0, 0.1) is 11.7 Å². The van der Waals surface area contributed by atoms with Gasteiger partial charge in [0.05, 0.1) is 0 Å². The minimum absolute atomic E-state index is 0.109. The molecule has 2 heteroatoms. The number of rotatable bonds is 2. The third kappa shape index (κ3) is 1.91. The van der Waals surface area contributed by atoms with Crippen LogP contribution in [0.1, 0.15) is 30.7 Å². The van der Waals surface area contributed by atoms with E-state index in [4.69, 9.17) is 0 Å². The van der Waals surface area contributed by atoms with Gasteiger partial charge in [-0.3, -0.25) is 0 Å². The van der Waals surface area contributed by atoms with Gasteiger partial charge in [-0.15, -0.1) is 0 Å². The van der Waals surface area contributed by atoms with Crippen molar-refractivity contribution in [3.05, 3.63) is 35.6 Å². The Labute approximate surface area is 89.7 Å². The fourth-order valence-electron chi connectivity index (χ4n) is 2.64.